The maximum Gasteiger partial charge on any atom is 0.405 e. The number of carbonyl (C=O) groups excluding carboxylic acids is 2. The van der Waals surface area contributed by atoms with E-state index in [4.69, 9.17) is 44.1 Å². The van der Waals surface area contributed by atoms with Crippen LogP contribution in [0.5, 0.6) is 0 Å². The van der Waals surface area contributed by atoms with E-state index in [9.17, 15) is 9.59 Å². The highest BCUT2D eigenvalue weighted by Crippen LogP contribution is 2.41. The number of hydrogen-bond acceptors (Lipinski definition) is 4. The van der Waals surface area contributed by atoms with Gasteiger partial charge in [0.15, 0.2) is 6.10 Å². The Kier molecular flexibility index (Phi) is 3.73. The zero-order valence-corrected chi connectivity index (χ0v) is 11.1. The smallest absolute Gasteiger partial charge is 0.405 e. The van der Waals surface area contributed by atoms with Gasteiger partial charge in [-0.2, -0.15) is 0 Å². The molecule has 1 aromatic rings. The maximum absolute atomic E-state index is 10.9. The topological polar surface area (TPSA) is 105 Å². The summed E-state index contributed by atoms with van der Waals surface area (Å²) in [5.74, 6) is 0. The summed E-state index contributed by atoms with van der Waals surface area (Å²) in [5.41, 5.74) is 11.2. The van der Waals surface area contributed by atoms with Gasteiger partial charge in [-0.1, -0.05) is 23.2 Å². The summed E-state index contributed by atoms with van der Waals surface area (Å²) < 4.78 is 9.86. The number of rotatable bonds is 2. The number of carbonyl (C=O) groups is 2. The molecule has 0 saturated heterocycles. The molecule has 0 saturated carbocycles. The average Bonchev–Trinajstić information content (AvgIpc) is 2.54. The van der Waals surface area contributed by atoms with E-state index in [1.807, 2.05) is 0 Å². The van der Waals surface area contributed by atoms with Gasteiger partial charge in [0.2, 0.25) is 0 Å². The lowest BCUT2D eigenvalue weighted by Gasteiger charge is -2.19. The number of ether oxygens (including phenoxy) is 2. The molecule has 0 fully saturated rings. The van der Waals surface area contributed by atoms with Gasteiger partial charge in [-0.3, -0.25) is 0 Å². The first-order valence-corrected chi connectivity index (χ1v) is 6.04. The van der Waals surface area contributed by atoms with Crippen molar-refractivity contribution in [3.05, 3.63) is 33.3 Å². The summed E-state index contributed by atoms with van der Waals surface area (Å²) >= 11 is 12.0. The Morgan fingerprint density at radius 1 is 1.16 bits per heavy atom. The van der Waals surface area contributed by atoms with E-state index in [0.717, 1.165) is 5.56 Å². The van der Waals surface area contributed by atoms with Crippen molar-refractivity contribution >= 4 is 35.4 Å². The summed E-state index contributed by atoms with van der Waals surface area (Å²) in [5, 5.41) is 0.741. The van der Waals surface area contributed by atoms with Crippen LogP contribution in [0.4, 0.5) is 9.59 Å². The molecule has 8 heteroatoms. The maximum atomic E-state index is 10.9. The number of nitrogens with two attached hydrogens (primary N) is 2. The molecule has 0 aromatic heterocycles. The number of benzene rings is 1. The molecule has 4 N–H and O–H groups in total. The van der Waals surface area contributed by atoms with Crippen LogP contribution in [-0.4, -0.2) is 18.3 Å². The number of fused-ring (bicyclic) bond motifs is 1. The summed E-state index contributed by atoms with van der Waals surface area (Å²) in [6.45, 7) is 0. The van der Waals surface area contributed by atoms with Crippen LogP contribution in [0.1, 0.15) is 17.2 Å². The molecule has 1 aliphatic carbocycles. The van der Waals surface area contributed by atoms with Crippen molar-refractivity contribution in [2.45, 2.75) is 18.6 Å². The zero-order chi connectivity index (χ0) is 14.2. The van der Waals surface area contributed by atoms with Gasteiger partial charge in [-0.15, -0.1) is 0 Å². The van der Waals surface area contributed by atoms with Crippen LogP contribution in [-0.2, 0) is 15.9 Å². The predicted molar refractivity (Wildman–Crippen MR) is 68.0 cm³/mol. The highest BCUT2D eigenvalue weighted by Gasteiger charge is 2.39. The third-order valence-corrected chi connectivity index (χ3v) is 3.26. The van der Waals surface area contributed by atoms with E-state index < -0.39 is 24.4 Å². The lowest BCUT2D eigenvalue weighted by atomic mass is 10.1. The molecule has 19 heavy (non-hydrogen) atoms. The second-order valence-corrected chi connectivity index (χ2v) is 4.84. The molecule has 0 bridgehead atoms. The molecule has 0 aliphatic heterocycles. The van der Waals surface area contributed by atoms with Crippen molar-refractivity contribution in [2.24, 2.45) is 11.5 Å². The first-order chi connectivity index (χ1) is 8.88. The van der Waals surface area contributed by atoms with Crippen molar-refractivity contribution in [3.8, 4) is 0 Å². The minimum absolute atomic E-state index is 0.288. The fourth-order valence-electron chi connectivity index (χ4n) is 2.15. The molecule has 0 heterocycles. The standard InChI is InChI=1S/C11H10Cl2N2O4/c12-5-1-4-2-7(18-10(14)16)9(19-11(15)17)8(4)6(13)3-5/h1,3,7,9H,2H2,(H2,14,16)(H2,15,17)/t7-,9-/m0/s1. The van der Waals surface area contributed by atoms with Crippen molar-refractivity contribution < 1.29 is 19.1 Å². The van der Waals surface area contributed by atoms with Gasteiger partial charge in [0.1, 0.15) is 6.10 Å². The fraction of sp³-hybridized carbons (Fsp3) is 0.273. The van der Waals surface area contributed by atoms with Crippen LogP contribution >= 0.6 is 23.2 Å². The fourth-order valence-corrected chi connectivity index (χ4v) is 2.79. The van der Waals surface area contributed by atoms with Gasteiger partial charge in [0.05, 0.1) is 0 Å². The Balaban J connectivity index is 2.40. The largest absolute Gasteiger partial charge is 0.442 e. The van der Waals surface area contributed by atoms with E-state index in [1.54, 1.807) is 6.07 Å². The Hall–Kier alpha value is -1.66. The first kappa shape index (κ1) is 13.8. The van der Waals surface area contributed by atoms with Crippen molar-refractivity contribution in [1.29, 1.82) is 0 Å². The molecule has 2 amide bonds. The molecule has 0 radical (unpaired) electrons. The monoisotopic (exact) mass is 304 g/mol. The van der Waals surface area contributed by atoms with E-state index in [0.29, 0.717) is 15.6 Å². The molecule has 2 rings (SSSR count). The Labute approximate surface area is 118 Å². The lowest BCUT2D eigenvalue weighted by molar-refractivity contribution is 0.00577. The zero-order valence-electron chi connectivity index (χ0n) is 9.56. The minimum Gasteiger partial charge on any atom is -0.442 e. The van der Waals surface area contributed by atoms with Gasteiger partial charge in [-0.25, -0.2) is 9.59 Å². The molecule has 102 valence electrons. The summed E-state index contributed by atoms with van der Waals surface area (Å²) in [4.78, 5) is 21.8. The molecule has 6 nitrogen and oxygen atoms in total. The Morgan fingerprint density at radius 2 is 1.79 bits per heavy atom. The van der Waals surface area contributed by atoms with Gasteiger partial charge < -0.3 is 20.9 Å². The van der Waals surface area contributed by atoms with Gasteiger partial charge in [0, 0.05) is 22.0 Å². The summed E-state index contributed by atoms with van der Waals surface area (Å²) in [6.07, 6.45) is -3.34. The molecule has 0 spiro atoms. The molecule has 1 aliphatic rings. The van der Waals surface area contributed by atoms with Crippen LogP contribution < -0.4 is 11.5 Å². The molecular formula is C11H10Cl2N2O4. The van der Waals surface area contributed by atoms with E-state index >= 15 is 0 Å². The van der Waals surface area contributed by atoms with Crippen LogP contribution in [0, 0.1) is 0 Å². The second kappa shape index (κ2) is 5.14. The van der Waals surface area contributed by atoms with Crippen molar-refractivity contribution in [1.82, 2.24) is 0 Å². The minimum atomic E-state index is -0.998. The first-order valence-electron chi connectivity index (χ1n) is 5.28. The van der Waals surface area contributed by atoms with Gasteiger partial charge in [0.25, 0.3) is 0 Å². The second-order valence-electron chi connectivity index (χ2n) is 4.00. The molecular weight excluding hydrogens is 295 g/mol. The average molecular weight is 305 g/mol. The van der Waals surface area contributed by atoms with Gasteiger partial charge in [-0.05, 0) is 17.7 Å². The number of hydrogen-bond donors (Lipinski definition) is 2. The molecule has 0 unspecified atom stereocenters. The Bertz CT molecular complexity index is 550. The van der Waals surface area contributed by atoms with E-state index in [2.05, 4.69) is 0 Å². The van der Waals surface area contributed by atoms with Crippen molar-refractivity contribution in [3.63, 3.8) is 0 Å². The third kappa shape index (κ3) is 2.85. The van der Waals surface area contributed by atoms with Crippen LogP contribution in [0.2, 0.25) is 10.0 Å². The summed E-state index contributed by atoms with van der Waals surface area (Å²) in [7, 11) is 0. The van der Waals surface area contributed by atoms with Crippen LogP contribution in [0.25, 0.3) is 0 Å². The molecule has 1 aromatic carbocycles. The molecule has 2 atom stereocenters. The normalized spacial score (nSPS) is 20.7. The lowest BCUT2D eigenvalue weighted by Crippen LogP contribution is -2.30. The highest BCUT2D eigenvalue weighted by atomic mass is 35.5. The van der Waals surface area contributed by atoms with Crippen LogP contribution in [0.3, 0.4) is 0 Å². The van der Waals surface area contributed by atoms with Gasteiger partial charge >= 0.3 is 12.2 Å². The number of primary amides is 2. The Morgan fingerprint density at radius 3 is 2.37 bits per heavy atom. The predicted octanol–water partition coefficient (Wildman–Crippen LogP) is 2.15. The SMILES string of the molecule is NC(=O)O[C@H]1Cc2cc(Cl)cc(Cl)c2[C@H]1OC(N)=O. The van der Waals surface area contributed by atoms with E-state index in [1.165, 1.54) is 6.07 Å². The van der Waals surface area contributed by atoms with Crippen LogP contribution in [0.15, 0.2) is 12.1 Å². The highest BCUT2D eigenvalue weighted by molar-refractivity contribution is 6.35. The number of amides is 2. The summed E-state index contributed by atoms with van der Waals surface area (Å²) in [6, 6.07) is 3.16. The third-order valence-electron chi connectivity index (χ3n) is 2.73. The van der Waals surface area contributed by atoms with E-state index in [-0.39, 0.29) is 6.42 Å². The quantitative estimate of drug-likeness (QED) is 0.873. The number of halogens is 2. The van der Waals surface area contributed by atoms with Crippen molar-refractivity contribution in [2.75, 3.05) is 0 Å².